The van der Waals surface area contributed by atoms with E-state index >= 15 is 0 Å². The van der Waals surface area contributed by atoms with E-state index < -0.39 is 0 Å². The van der Waals surface area contributed by atoms with E-state index in [1.54, 1.807) is 0 Å². The Kier molecular flexibility index (Phi) is 5.22. The molecular weight excluding hydrogens is 244 g/mol. The van der Waals surface area contributed by atoms with Gasteiger partial charge in [0.15, 0.2) is 0 Å². The Morgan fingerprint density at radius 2 is 1.65 bits per heavy atom. The van der Waals surface area contributed by atoms with E-state index in [-0.39, 0.29) is 0 Å². The summed E-state index contributed by atoms with van der Waals surface area (Å²) in [6.45, 7) is 16.1. The molecule has 112 valence electrons. The molecule has 2 nitrogen and oxygen atoms in total. The van der Waals surface area contributed by atoms with Crippen molar-refractivity contribution in [3.05, 3.63) is 34.4 Å². The first-order valence-corrected chi connectivity index (χ1v) is 8.03. The lowest BCUT2D eigenvalue weighted by Gasteiger charge is -2.35. The summed E-state index contributed by atoms with van der Waals surface area (Å²) in [4.78, 5) is 2.68. The van der Waals surface area contributed by atoms with Gasteiger partial charge in [0.2, 0.25) is 0 Å². The number of aryl methyl sites for hydroxylation is 3. The largest absolute Gasteiger partial charge is 0.315 e. The van der Waals surface area contributed by atoms with Crippen LogP contribution in [0, 0.1) is 26.7 Å². The van der Waals surface area contributed by atoms with Gasteiger partial charge in [-0.1, -0.05) is 26.0 Å². The highest BCUT2D eigenvalue weighted by atomic mass is 15.2. The first kappa shape index (κ1) is 15.5. The summed E-state index contributed by atoms with van der Waals surface area (Å²) in [5.74, 6) is 0.647. The molecule has 1 N–H and O–H groups in total. The van der Waals surface area contributed by atoms with E-state index in [4.69, 9.17) is 0 Å². The van der Waals surface area contributed by atoms with Crippen LogP contribution in [0.3, 0.4) is 0 Å². The summed E-state index contributed by atoms with van der Waals surface area (Å²) in [7, 11) is 0. The molecule has 1 aliphatic heterocycles. The van der Waals surface area contributed by atoms with Gasteiger partial charge in [-0.15, -0.1) is 0 Å². The predicted molar refractivity (Wildman–Crippen MR) is 87.3 cm³/mol. The van der Waals surface area contributed by atoms with Crippen molar-refractivity contribution in [2.24, 2.45) is 5.92 Å². The molecule has 0 bridgehead atoms. The zero-order valence-electron chi connectivity index (χ0n) is 13.8. The third kappa shape index (κ3) is 3.42. The van der Waals surface area contributed by atoms with Crippen LogP contribution in [0.4, 0.5) is 0 Å². The van der Waals surface area contributed by atoms with Crippen molar-refractivity contribution < 1.29 is 0 Å². The molecule has 1 heterocycles. The number of nitrogens with one attached hydrogen (secondary N) is 1. The summed E-state index contributed by atoms with van der Waals surface area (Å²) in [5.41, 5.74) is 5.81. The fourth-order valence-corrected chi connectivity index (χ4v) is 3.42. The van der Waals surface area contributed by atoms with Crippen molar-refractivity contribution >= 4 is 0 Å². The third-order valence-corrected chi connectivity index (χ3v) is 4.60. The number of rotatable bonds is 3. The smallest absolute Gasteiger partial charge is 0.0374 e. The number of nitrogens with zero attached hydrogens (tertiary/aromatic N) is 1. The molecule has 1 aromatic carbocycles. The Morgan fingerprint density at radius 3 is 2.35 bits per heavy atom. The van der Waals surface area contributed by atoms with E-state index in [2.05, 4.69) is 57.0 Å². The maximum atomic E-state index is 3.52. The zero-order valence-corrected chi connectivity index (χ0v) is 13.8. The van der Waals surface area contributed by atoms with Gasteiger partial charge in [0.1, 0.15) is 0 Å². The number of hydrogen-bond donors (Lipinski definition) is 1. The van der Waals surface area contributed by atoms with Crippen LogP contribution in [0.25, 0.3) is 0 Å². The molecule has 2 heteroatoms. The van der Waals surface area contributed by atoms with Crippen LogP contribution in [-0.4, -0.2) is 31.1 Å². The second-order valence-corrected chi connectivity index (χ2v) is 6.62. The highest BCUT2D eigenvalue weighted by Crippen LogP contribution is 2.32. The lowest BCUT2D eigenvalue weighted by molar-refractivity contribution is 0.165. The van der Waals surface area contributed by atoms with Gasteiger partial charge >= 0.3 is 0 Å². The molecule has 1 saturated heterocycles. The standard InChI is InChI=1S/C18H30N2/c1-13(2)18(20-9-6-7-19-8-10-20)17-12-15(4)14(3)11-16(17)5/h11-13,18-19H,6-10H2,1-5H3. The maximum Gasteiger partial charge on any atom is 0.0374 e. The van der Waals surface area contributed by atoms with Crippen molar-refractivity contribution in [1.82, 2.24) is 10.2 Å². The molecule has 20 heavy (non-hydrogen) atoms. The molecule has 0 aromatic heterocycles. The normalized spacial score (nSPS) is 19.1. The van der Waals surface area contributed by atoms with Gasteiger partial charge in [0.25, 0.3) is 0 Å². The van der Waals surface area contributed by atoms with Crippen LogP contribution in [0.15, 0.2) is 12.1 Å². The Hall–Kier alpha value is -0.860. The quantitative estimate of drug-likeness (QED) is 0.906. The van der Waals surface area contributed by atoms with Gasteiger partial charge in [-0.05, 0) is 61.9 Å². The molecule has 0 radical (unpaired) electrons. The fraction of sp³-hybridized carbons (Fsp3) is 0.667. The van der Waals surface area contributed by atoms with Gasteiger partial charge in [-0.3, -0.25) is 4.90 Å². The fourth-order valence-electron chi connectivity index (χ4n) is 3.42. The average Bonchev–Trinajstić information content (AvgIpc) is 2.64. The minimum atomic E-state index is 0.550. The van der Waals surface area contributed by atoms with Crippen LogP contribution in [0.1, 0.15) is 48.6 Å². The van der Waals surface area contributed by atoms with Crippen molar-refractivity contribution in [3.63, 3.8) is 0 Å². The second-order valence-electron chi connectivity index (χ2n) is 6.62. The van der Waals surface area contributed by atoms with Crippen LogP contribution < -0.4 is 5.32 Å². The molecule has 0 spiro atoms. The molecule has 1 unspecified atom stereocenters. The monoisotopic (exact) mass is 274 g/mol. The van der Waals surface area contributed by atoms with Crippen molar-refractivity contribution in [3.8, 4) is 0 Å². The summed E-state index contributed by atoms with van der Waals surface area (Å²) in [6.07, 6.45) is 1.26. The van der Waals surface area contributed by atoms with Gasteiger partial charge in [0.05, 0.1) is 0 Å². The first-order valence-electron chi connectivity index (χ1n) is 8.03. The van der Waals surface area contributed by atoms with Crippen LogP contribution >= 0.6 is 0 Å². The van der Waals surface area contributed by atoms with E-state index in [0.717, 1.165) is 19.6 Å². The average molecular weight is 274 g/mol. The van der Waals surface area contributed by atoms with Gasteiger partial charge in [-0.2, -0.15) is 0 Å². The molecule has 0 aliphatic carbocycles. The minimum absolute atomic E-state index is 0.550. The molecular formula is C18H30N2. The highest BCUT2D eigenvalue weighted by Gasteiger charge is 2.25. The Labute approximate surface area is 124 Å². The number of benzene rings is 1. The summed E-state index contributed by atoms with van der Waals surface area (Å²) < 4.78 is 0. The van der Waals surface area contributed by atoms with Crippen molar-refractivity contribution in [2.75, 3.05) is 26.2 Å². The van der Waals surface area contributed by atoms with E-state index in [1.165, 1.54) is 35.2 Å². The molecule has 1 atom stereocenters. The lowest BCUT2D eigenvalue weighted by atomic mass is 9.88. The Bertz CT molecular complexity index is 443. The summed E-state index contributed by atoms with van der Waals surface area (Å²) in [5, 5.41) is 3.52. The molecule has 0 saturated carbocycles. The van der Waals surface area contributed by atoms with E-state index in [0.29, 0.717) is 12.0 Å². The SMILES string of the molecule is Cc1cc(C)c(C(C(C)C)N2CCCNCC2)cc1C. The predicted octanol–water partition coefficient (Wildman–Crippen LogP) is 3.60. The number of hydrogen-bond acceptors (Lipinski definition) is 2. The molecule has 1 aliphatic rings. The van der Waals surface area contributed by atoms with Crippen LogP contribution in [0.5, 0.6) is 0 Å². The van der Waals surface area contributed by atoms with Crippen LogP contribution in [0.2, 0.25) is 0 Å². The van der Waals surface area contributed by atoms with E-state index in [9.17, 15) is 0 Å². The molecule has 1 fully saturated rings. The molecule has 2 rings (SSSR count). The summed E-state index contributed by atoms with van der Waals surface area (Å²) >= 11 is 0. The van der Waals surface area contributed by atoms with Crippen LogP contribution in [-0.2, 0) is 0 Å². The Morgan fingerprint density at radius 1 is 0.950 bits per heavy atom. The van der Waals surface area contributed by atoms with Crippen molar-refractivity contribution in [2.45, 2.75) is 47.1 Å². The summed E-state index contributed by atoms with van der Waals surface area (Å²) in [6, 6.07) is 5.33. The Balaban J connectivity index is 2.35. The second kappa shape index (κ2) is 6.73. The third-order valence-electron chi connectivity index (χ3n) is 4.60. The van der Waals surface area contributed by atoms with Gasteiger partial charge < -0.3 is 5.32 Å². The zero-order chi connectivity index (χ0) is 14.7. The topological polar surface area (TPSA) is 15.3 Å². The highest BCUT2D eigenvalue weighted by molar-refractivity contribution is 5.38. The van der Waals surface area contributed by atoms with Gasteiger partial charge in [0, 0.05) is 25.7 Å². The van der Waals surface area contributed by atoms with E-state index in [1.807, 2.05) is 0 Å². The maximum absolute atomic E-state index is 3.52. The van der Waals surface area contributed by atoms with Crippen molar-refractivity contribution in [1.29, 1.82) is 0 Å². The lowest BCUT2D eigenvalue weighted by Crippen LogP contribution is -2.35. The molecule has 0 amide bonds. The first-order chi connectivity index (χ1) is 9.50. The minimum Gasteiger partial charge on any atom is -0.315 e. The van der Waals surface area contributed by atoms with Gasteiger partial charge in [-0.25, -0.2) is 0 Å². The molecule has 1 aromatic rings.